The number of hydrogen-bond acceptors (Lipinski definition) is 3. The lowest BCUT2D eigenvalue weighted by Gasteiger charge is -2.27. The first-order chi connectivity index (χ1) is 9.29. The Kier molecular flexibility index (Phi) is 5.83. The van der Waals surface area contributed by atoms with Crippen molar-refractivity contribution in [3.05, 3.63) is 35.4 Å². The number of nitrogens with two attached hydrogens (primary N) is 1. The van der Waals surface area contributed by atoms with E-state index >= 15 is 0 Å². The number of nitrogens with zero attached hydrogens (tertiary/aromatic N) is 1. The van der Waals surface area contributed by atoms with Crippen molar-refractivity contribution in [3.63, 3.8) is 0 Å². The van der Waals surface area contributed by atoms with Crippen molar-refractivity contribution in [3.8, 4) is 0 Å². The van der Waals surface area contributed by atoms with Crippen molar-refractivity contribution >= 4 is 0 Å². The Balaban J connectivity index is 1.88. The normalized spacial score (nSPS) is 17.0. The van der Waals surface area contributed by atoms with Crippen molar-refractivity contribution in [1.29, 1.82) is 0 Å². The Bertz CT molecular complexity index is 375. The highest BCUT2D eigenvalue weighted by Crippen LogP contribution is 2.18. The van der Waals surface area contributed by atoms with Gasteiger partial charge in [-0.1, -0.05) is 24.3 Å². The molecule has 0 unspecified atom stereocenters. The smallest absolute Gasteiger partial charge is 0.0469 e. The molecule has 0 spiro atoms. The third kappa shape index (κ3) is 4.60. The monoisotopic (exact) mass is 262 g/mol. The van der Waals surface area contributed by atoms with Crippen LogP contribution in [0.3, 0.4) is 0 Å². The summed E-state index contributed by atoms with van der Waals surface area (Å²) in [5.41, 5.74) is 8.49. The summed E-state index contributed by atoms with van der Waals surface area (Å²) in [4.78, 5) is 2.44. The fourth-order valence-electron chi connectivity index (χ4n) is 2.84. The molecule has 0 aliphatic carbocycles. The van der Waals surface area contributed by atoms with Crippen LogP contribution in [0.4, 0.5) is 0 Å². The lowest BCUT2D eigenvalue weighted by Crippen LogP contribution is -2.29. The lowest BCUT2D eigenvalue weighted by molar-refractivity contribution is 0.0549. The number of hydrogen-bond donors (Lipinski definition) is 1. The van der Waals surface area contributed by atoms with Gasteiger partial charge in [0.2, 0.25) is 0 Å². The Morgan fingerprint density at radius 2 is 1.89 bits per heavy atom. The van der Waals surface area contributed by atoms with Gasteiger partial charge in [-0.25, -0.2) is 0 Å². The first-order valence-electron chi connectivity index (χ1n) is 7.32. The predicted octanol–water partition coefficient (Wildman–Crippen LogP) is 2.05. The second kappa shape index (κ2) is 7.63. The summed E-state index contributed by atoms with van der Waals surface area (Å²) in [6.45, 7) is 4.78. The van der Waals surface area contributed by atoms with E-state index in [2.05, 4.69) is 36.2 Å². The highest BCUT2D eigenvalue weighted by molar-refractivity contribution is 5.27. The van der Waals surface area contributed by atoms with E-state index in [1.165, 1.54) is 30.5 Å². The fraction of sp³-hybridized carbons (Fsp3) is 0.625. The molecule has 1 aliphatic rings. The zero-order valence-corrected chi connectivity index (χ0v) is 12.0. The fourth-order valence-corrected chi connectivity index (χ4v) is 2.84. The van der Waals surface area contributed by atoms with Gasteiger partial charge in [-0.3, -0.25) is 0 Å². The van der Waals surface area contributed by atoms with Gasteiger partial charge in [-0.2, -0.15) is 0 Å². The van der Waals surface area contributed by atoms with Crippen molar-refractivity contribution in [2.45, 2.75) is 25.8 Å². The van der Waals surface area contributed by atoms with Gasteiger partial charge >= 0.3 is 0 Å². The molecule has 2 N–H and O–H groups in total. The van der Waals surface area contributed by atoms with E-state index in [1.807, 2.05) is 0 Å². The standard InChI is InChI=1S/C16H26N2O/c1-18(12-14-7-10-19-11-8-14)13-16-5-3-2-4-15(16)6-9-17/h2-5,14H,6-13,17H2,1H3. The highest BCUT2D eigenvalue weighted by Gasteiger charge is 2.16. The van der Waals surface area contributed by atoms with Crippen LogP contribution in [-0.2, 0) is 17.7 Å². The summed E-state index contributed by atoms with van der Waals surface area (Å²) in [6, 6.07) is 8.65. The largest absolute Gasteiger partial charge is 0.381 e. The van der Waals surface area contributed by atoms with Gasteiger partial charge in [0.25, 0.3) is 0 Å². The molecule has 1 heterocycles. The first kappa shape index (κ1) is 14.5. The Morgan fingerprint density at radius 1 is 1.21 bits per heavy atom. The van der Waals surface area contributed by atoms with Crippen LogP contribution in [-0.4, -0.2) is 38.3 Å². The summed E-state index contributed by atoms with van der Waals surface area (Å²) in [6.07, 6.45) is 3.38. The van der Waals surface area contributed by atoms with Crippen molar-refractivity contribution < 1.29 is 4.74 Å². The molecular formula is C16H26N2O. The molecule has 19 heavy (non-hydrogen) atoms. The summed E-state index contributed by atoms with van der Waals surface area (Å²) < 4.78 is 5.42. The van der Waals surface area contributed by atoms with Gasteiger partial charge in [0, 0.05) is 26.3 Å². The van der Waals surface area contributed by atoms with Crippen molar-refractivity contribution in [2.75, 3.05) is 33.4 Å². The van der Waals surface area contributed by atoms with E-state index in [-0.39, 0.29) is 0 Å². The molecule has 0 aromatic heterocycles. The molecule has 3 heteroatoms. The Labute approximate surface area is 116 Å². The molecule has 0 radical (unpaired) electrons. The van der Waals surface area contributed by atoms with Crippen molar-refractivity contribution in [2.24, 2.45) is 11.7 Å². The average Bonchev–Trinajstić information content (AvgIpc) is 2.42. The third-order valence-electron chi connectivity index (χ3n) is 3.88. The molecule has 1 aromatic rings. The van der Waals surface area contributed by atoms with Crippen molar-refractivity contribution in [1.82, 2.24) is 4.90 Å². The van der Waals surface area contributed by atoms with Gasteiger partial charge in [0.1, 0.15) is 0 Å². The summed E-state index contributed by atoms with van der Waals surface area (Å²) in [5, 5.41) is 0. The van der Waals surface area contributed by atoms with Crippen LogP contribution in [0.1, 0.15) is 24.0 Å². The van der Waals surface area contributed by atoms with Crippen LogP contribution in [0.15, 0.2) is 24.3 Å². The lowest BCUT2D eigenvalue weighted by atomic mass is 9.99. The van der Waals surface area contributed by atoms with E-state index in [4.69, 9.17) is 10.5 Å². The number of ether oxygens (including phenoxy) is 1. The average molecular weight is 262 g/mol. The molecule has 1 aromatic carbocycles. The first-order valence-corrected chi connectivity index (χ1v) is 7.32. The van der Waals surface area contributed by atoms with Crippen LogP contribution in [0.2, 0.25) is 0 Å². The number of rotatable bonds is 6. The van der Waals surface area contributed by atoms with Gasteiger partial charge in [-0.15, -0.1) is 0 Å². The predicted molar refractivity (Wildman–Crippen MR) is 79.1 cm³/mol. The van der Waals surface area contributed by atoms with E-state index in [0.29, 0.717) is 0 Å². The zero-order valence-electron chi connectivity index (χ0n) is 12.0. The molecule has 1 fully saturated rings. The Hall–Kier alpha value is -0.900. The minimum Gasteiger partial charge on any atom is -0.381 e. The maximum absolute atomic E-state index is 5.68. The second-order valence-corrected chi connectivity index (χ2v) is 5.56. The molecule has 3 nitrogen and oxygen atoms in total. The molecule has 2 rings (SSSR count). The van der Waals surface area contributed by atoms with Gasteiger partial charge < -0.3 is 15.4 Å². The Morgan fingerprint density at radius 3 is 2.58 bits per heavy atom. The molecule has 1 aliphatic heterocycles. The highest BCUT2D eigenvalue weighted by atomic mass is 16.5. The van der Waals surface area contributed by atoms with E-state index < -0.39 is 0 Å². The molecule has 1 saturated heterocycles. The SMILES string of the molecule is CN(Cc1ccccc1CCN)CC1CCOCC1. The molecule has 106 valence electrons. The molecule has 0 saturated carbocycles. The zero-order chi connectivity index (χ0) is 13.5. The van der Waals surface area contributed by atoms with E-state index in [1.54, 1.807) is 0 Å². The summed E-state index contributed by atoms with van der Waals surface area (Å²) in [5.74, 6) is 0.792. The van der Waals surface area contributed by atoms with Gasteiger partial charge in [0.05, 0.1) is 0 Å². The van der Waals surface area contributed by atoms with Crippen LogP contribution in [0.5, 0.6) is 0 Å². The number of benzene rings is 1. The van der Waals surface area contributed by atoms with Crippen LogP contribution >= 0.6 is 0 Å². The van der Waals surface area contributed by atoms with Gasteiger partial charge in [0.15, 0.2) is 0 Å². The summed E-state index contributed by atoms with van der Waals surface area (Å²) in [7, 11) is 2.22. The quantitative estimate of drug-likeness (QED) is 0.852. The minimum absolute atomic E-state index is 0.723. The van der Waals surface area contributed by atoms with Gasteiger partial charge in [-0.05, 0) is 49.9 Å². The van der Waals surface area contributed by atoms with Crippen LogP contribution in [0, 0.1) is 5.92 Å². The van der Waals surface area contributed by atoms with Crippen LogP contribution < -0.4 is 5.73 Å². The molecule has 0 bridgehead atoms. The maximum Gasteiger partial charge on any atom is 0.0469 e. The van der Waals surface area contributed by atoms with E-state index in [9.17, 15) is 0 Å². The molecular weight excluding hydrogens is 236 g/mol. The van der Waals surface area contributed by atoms with Crippen LogP contribution in [0.25, 0.3) is 0 Å². The molecule has 0 atom stereocenters. The maximum atomic E-state index is 5.68. The molecule has 0 amide bonds. The summed E-state index contributed by atoms with van der Waals surface area (Å²) >= 11 is 0. The van der Waals surface area contributed by atoms with E-state index in [0.717, 1.165) is 38.6 Å². The topological polar surface area (TPSA) is 38.5 Å². The minimum atomic E-state index is 0.723. The third-order valence-corrected chi connectivity index (χ3v) is 3.88. The second-order valence-electron chi connectivity index (χ2n) is 5.56.